The number of halogens is 2. The Morgan fingerprint density at radius 3 is 2.68 bits per heavy atom. The standard InChI is InChI=1S/C13H12BrClN4/c14-10-11(8-3-1-2-4-8)18-13(19-12(10)15)9-5-6-16-7-17-9/h5-8H,1-4H2. The van der Waals surface area contributed by atoms with Crippen molar-refractivity contribution in [3.05, 3.63) is 33.9 Å². The molecule has 0 amide bonds. The largest absolute Gasteiger partial charge is 0.245 e. The van der Waals surface area contributed by atoms with Gasteiger partial charge in [-0.3, -0.25) is 0 Å². The van der Waals surface area contributed by atoms with Crippen LogP contribution in [-0.4, -0.2) is 19.9 Å². The van der Waals surface area contributed by atoms with Crippen LogP contribution in [0.25, 0.3) is 11.5 Å². The molecule has 98 valence electrons. The van der Waals surface area contributed by atoms with Gasteiger partial charge in [-0.05, 0) is 34.8 Å². The molecular weight excluding hydrogens is 328 g/mol. The Hall–Kier alpha value is -1.07. The molecule has 3 rings (SSSR count). The maximum atomic E-state index is 6.21. The first-order valence-corrected chi connectivity index (χ1v) is 7.42. The van der Waals surface area contributed by atoms with Crippen LogP contribution >= 0.6 is 27.5 Å². The predicted octanol–water partition coefficient (Wildman–Crippen LogP) is 4.01. The number of aromatic nitrogens is 4. The zero-order valence-electron chi connectivity index (χ0n) is 10.2. The molecule has 0 aromatic carbocycles. The van der Waals surface area contributed by atoms with Gasteiger partial charge in [0.15, 0.2) is 5.82 Å². The van der Waals surface area contributed by atoms with E-state index in [1.165, 1.54) is 19.2 Å². The summed E-state index contributed by atoms with van der Waals surface area (Å²) in [6.07, 6.45) is 7.99. The SMILES string of the molecule is Clc1nc(-c2ccncn2)nc(C2CCCC2)c1Br. The van der Waals surface area contributed by atoms with Gasteiger partial charge in [0.05, 0.1) is 10.2 Å². The van der Waals surface area contributed by atoms with Gasteiger partial charge in [-0.25, -0.2) is 19.9 Å². The lowest BCUT2D eigenvalue weighted by atomic mass is 10.0. The van der Waals surface area contributed by atoms with Crippen molar-refractivity contribution in [3.63, 3.8) is 0 Å². The Kier molecular flexibility index (Phi) is 3.75. The maximum absolute atomic E-state index is 6.21. The van der Waals surface area contributed by atoms with E-state index in [0.717, 1.165) is 23.0 Å². The predicted molar refractivity (Wildman–Crippen MR) is 77.0 cm³/mol. The van der Waals surface area contributed by atoms with E-state index in [9.17, 15) is 0 Å². The normalized spacial score (nSPS) is 15.9. The van der Waals surface area contributed by atoms with Gasteiger partial charge in [0, 0.05) is 12.1 Å². The van der Waals surface area contributed by atoms with Crippen molar-refractivity contribution in [3.8, 4) is 11.5 Å². The van der Waals surface area contributed by atoms with Gasteiger partial charge in [0.1, 0.15) is 17.2 Å². The van der Waals surface area contributed by atoms with E-state index in [1.807, 2.05) is 0 Å². The van der Waals surface area contributed by atoms with Crippen molar-refractivity contribution in [2.45, 2.75) is 31.6 Å². The molecular formula is C13H12BrClN4. The first kappa shape index (κ1) is 12.9. The van der Waals surface area contributed by atoms with Crippen LogP contribution in [0.15, 0.2) is 23.1 Å². The van der Waals surface area contributed by atoms with Crippen LogP contribution in [-0.2, 0) is 0 Å². The number of hydrogen-bond donors (Lipinski definition) is 0. The first-order valence-electron chi connectivity index (χ1n) is 6.25. The highest BCUT2D eigenvalue weighted by molar-refractivity contribution is 9.10. The fourth-order valence-electron chi connectivity index (χ4n) is 2.44. The minimum absolute atomic E-state index is 0.450. The molecule has 2 heterocycles. The van der Waals surface area contributed by atoms with E-state index in [2.05, 4.69) is 35.9 Å². The Bertz CT molecular complexity index is 585. The van der Waals surface area contributed by atoms with E-state index < -0.39 is 0 Å². The molecule has 0 bridgehead atoms. The summed E-state index contributed by atoms with van der Waals surface area (Å²) in [5.41, 5.74) is 1.70. The van der Waals surface area contributed by atoms with E-state index in [1.54, 1.807) is 12.3 Å². The van der Waals surface area contributed by atoms with Gasteiger partial charge in [-0.1, -0.05) is 24.4 Å². The highest BCUT2D eigenvalue weighted by atomic mass is 79.9. The quantitative estimate of drug-likeness (QED) is 0.776. The third-order valence-corrected chi connectivity index (χ3v) is 4.67. The monoisotopic (exact) mass is 338 g/mol. The average Bonchev–Trinajstić information content (AvgIpc) is 2.96. The molecule has 0 N–H and O–H groups in total. The topological polar surface area (TPSA) is 51.6 Å². The fraction of sp³-hybridized carbons (Fsp3) is 0.385. The van der Waals surface area contributed by atoms with Gasteiger partial charge < -0.3 is 0 Å². The van der Waals surface area contributed by atoms with Gasteiger partial charge in [-0.2, -0.15) is 0 Å². The third-order valence-electron chi connectivity index (χ3n) is 3.39. The second kappa shape index (κ2) is 5.51. The molecule has 1 saturated carbocycles. The fourth-order valence-corrected chi connectivity index (χ4v) is 3.12. The first-order chi connectivity index (χ1) is 9.25. The number of nitrogens with zero attached hydrogens (tertiary/aromatic N) is 4. The summed E-state index contributed by atoms with van der Waals surface area (Å²) in [7, 11) is 0. The molecule has 1 aliphatic carbocycles. The summed E-state index contributed by atoms with van der Waals surface area (Å²) in [4.78, 5) is 17.0. The lowest BCUT2D eigenvalue weighted by molar-refractivity contribution is 0.690. The van der Waals surface area contributed by atoms with Crippen LogP contribution < -0.4 is 0 Å². The molecule has 2 aromatic rings. The van der Waals surface area contributed by atoms with Crippen molar-refractivity contribution in [2.24, 2.45) is 0 Å². The summed E-state index contributed by atoms with van der Waals surface area (Å²) in [6, 6.07) is 1.79. The Morgan fingerprint density at radius 1 is 1.21 bits per heavy atom. The Morgan fingerprint density at radius 2 is 2.00 bits per heavy atom. The van der Waals surface area contributed by atoms with Gasteiger partial charge >= 0.3 is 0 Å². The van der Waals surface area contributed by atoms with Crippen molar-refractivity contribution >= 4 is 27.5 Å². The molecule has 2 aromatic heterocycles. The van der Waals surface area contributed by atoms with E-state index in [0.29, 0.717) is 22.6 Å². The van der Waals surface area contributed by atoms with Crippen LogP contribution in [0, 0.1) is 0 Å². The van der Waals surface area contributed by atoms with Crippen LogP contribution in [0.1, 0.15) is 37.3 Å². The smallest absolute Gasteiger partial charge is 0.180 e. The van der Waals surface area contributed by atoms with E-state index >= 15 is 0 Å². The number of hydrogen-bond acceptors (Lipinski definition) is 4. The minimum Gasteiger partial charge on any atom is -0.245 e. The highest BCUT2D eigenvalue weighted by Crippen LogP contribution is 2.39. The Labute approximate surface area is 124 Å². The molecule has 19 heavy (non-hydrogen) atoms. The van der Waals surface area contributed by atoms with Crippen LogP contribution in [0.5, 0.6) is 0 Å². The molecule has 0 aliphatic heterocycles. The summed E-state index contributed by atoms with van der Waals surface area (Å²) in [5.74, 6) is 1.04. The summed E-state index contributed by atoms with van der Waals surface area (Å²) in [6.45, 7) is 0. The van der Waals surface area contributed by atoms with Crippen molar-refractivity contribution in [1.29, 1.82) is 0 Å². The van der Waals surface area contributed by atoms with Gasteiger partial charge in [0.2, 0.25) is 0 Å². The van der Waals surface area contributed by atoms with Crippen molar-refractivity contribution in [1.82, 2.24) is 19.9 Å². The number of rotatable bonds is 2. The molecule has 0 saturated heterocycles. The lowest BCUT2D eigenvalue weighted by Gasteiger charge is -2.13. The van der Waals surface area contributed by atoms with Crippen molar-refractivity contribution < 1.29 is 0 Å². The zero-order valence-corrected chi connectivity index (χ0v) is 12.5. The molecule has 0 radical (unpaired) electrons. The maximum Gasteiger partial charge on any atom is 0.180 e. The Balaban J connectivity index is 2.07. The second-order valence-corrected chi connectivity index (χ2v) is 5.76. The summed E-state index contributed by atoms with van der Waals surface area (Å²) < 4.78 is 0.818. The lowest BCUT2D eigenvalue weighted by Crippen LogP contribution is -2.03. The van der Waals surface area contributed by atoms with E-state index in [4.69, 9.17) is 11.6 Å². The molecule has 6 heteroatoms. The summed E-state index contributed by atoms with van der Waals surface area (Å²) >= 11 is 9.71. The molecule has 0 spiro atoms. The van der Waals surface area contributed by atoms with Crippen LogP contribution in [0.4, 0.5) is 0 Å². The molecule has 1 fully saturated rings. The molecule has 4 nitrogen and oxygen atoms in total. The van der Waals surface area contributed by atoms with E-state index in [-0.39, 0.29) is 0 Å². The van der Waals surface area contributed by atoms with Crippen LogP contribution in [0.3, 0.4) is 0 Å². The van der Waals surface area contributed by atoms with Gasteiger partial charge in [-0.15, -0.1) is 0 Å². The third kappa shape index (κ3) is 2.62. The molecule has 1 aliphatic rings. The second-order valence-electron chi connectivity index (χ2n) is 4.61. The van der Waals surface area contributed by atoms with Crippen LogP contribution in [0.2, 0.25) is 5.15 Å². The molecule has 0 atom stereocenters. The highest BCUT2D eigenvalue weighted by Gasteiger charge is 2.23. The summed E-state index contributed by atoms with van der Waals surface area (Å²) in [5, 5.41) is 0.450. The van der Waals surface area contributed by atoms with Gasteiger partial charge in [0.25, 0.3) is 0 Å². The zero-order chi connectivity index (χ0) is 13.2. The molecule has 0 unspecified atom stereocenters. The average molecular weight is 340 g/mol. The minimum atomic E-state index is 0.450. The van der Waals surface area contributed by atoms with Crippen molar-refractivity contribution in [2.75, 3.05) is 0 Å².